The van der Waals surface area contributed by atoms with Gasteiger partial charge in [0.1, 0.15) is 17.4 Å². The molecule has 3 rings (SSSR count). The molecule has 25 heavy (non-hydrogen) atoms. The van der Waals surface area contributed by atoms with Gasteiger partial charge in [-0.15, -0.1) is 0 Å². The van der Waals surface area contributed by atoms with Crippen molar-refractivity contribution >= 4 is 29.2 Å². The summed E-state index contributed by atoms with van der Waals surface area (Å²) in [5.74, 6) is 0.166. The second kappa shape index (κ2) is 8.04. The van der Waals surface area contributed by atoms with E-state index in [0.717, 1.165) is 25.1 Å². The van der Waals surface area contributed by atoms with Crippen LogP contribution in [0, 0.1) is 5.92 Å². The highest BCUT2D eigenvalue weighted by Gasteiger charge is 2.30. The molecule has 0 amide bonds. The summed E-state index contributed by atoms with van der Waals surface area (Å²) in [7, 11) is 1.33. The van der Waals surface area contributed by atoms with E-state index >= 15 is 0 Å². The van der Waals surface area contributed by atoms with Crippen molar-refractivity contribution < 1.29 is 14.3 Å². The topological polar surface area (TPSA) is 60.5 Å². The van der Waals surface area contributed by atoms with E-state index in [-0.39, 0.29) is 12.0 Å². The first-order valence-corrected chi connectivity index (χ1v) is 8.69. The van der Waals surface area contributed by atoms with Crippen LogP contribution < -0.4 is 10.1 Å². The number of esters is 1. The summed E-state index contributed by atoms with van der Waals surface area (Å²) in [5.41, 5.74) is 1.16. The maximum Gasteiger partial charge on any atom is 0.341 e. The summed E-state index contributed by atoms with van der Waals surface area (Å²) >= 11 is 12.1. The molecule has 0 bridgehead atoms. The molecule has 2 unspecified atom stereocenters. The quantitative estimate of drug-likeness (QED) is 0.796. The number of hydrogen-bond donors (Lipinski definition) is 1. The van der Waals surface area contributed by atoms with Gasteiger partial charge < -0.3 is 14.8 Å². The third kappa shape index (κ3) is 4.24. The number of benzene rings is 1. The summed E-state index contributed by atoms with van der Waals surface area (Å²) < 4.78 is 11.1. The number of carbonyl (C=O) groups is 1. The van der Waals surface area contributed by atoms with E-state index in [0.29, 0.717) is 21.4 Å². The van der Waals surface area contributed by atoms with Crippen molar-refractivity contribution in [1.29, 1.82) is 0 Å². The van der Waals surface area contributed by atoms with E-state index in [1.54, 1.807) is 30.6 Å². The minimum absolute atomic E-state index is 0.237. The molecular formula is C18H18Cl2N2O3. The van der Waals surface area contributed by atoms with Crippen LogP contribution in [0.25, 0.3) is 0 Å². The van der Waals surface area contributed by atoms with Crippen LogP contribution in [0.3, 0.4) is 0 Å². The first-order valence-electron chi connectivity index (χ1n) is 7.94. The minimum atomic E-state index is -0.495. The van der Waals surface area contributed by atoms with Gasteiger partial charge in [-0.1, -0.05) is 23.2 Å². The lowest BCUT2D eigenvalue weighted by molar-refractivity contribution is 0.0588. The number of pyridine rings is 1. The van der Waals surface area contributed by atoms with Gasteiger partial charge in [-0.25, -0.2) is 4.79 Å². The van der Waals surface area contributed by atoms with Gasteiger partial charge in [0.05, 0.1) is 12.1 Å². The maximum atomic E-state index is 12.1. The van der Waals surface area contributed by atoms with E-state index in [2.05, 4.69) is 10.3 Å². The van der Waals surface area contributed by atoms with Gasteiger partial charge in [0, 0.05) is 35.4 Å². The summed E-state index contributed by atoms with van der Waals surface area (Å²) in [6.07, 6.45) is 3.99. The molecule has 2 atom stereocenters. The predicted octanol–water partition coefficient (Wildman–Crippen LogP) is 3.90. The SMILES string of the molecule is COC(=O)c1cc(Cl)ccc1OC(c1cncc(Cl)c1)C1CCNC1. The average Bonchev–Trinajstić information content (AvgIpc) is 3.14. The standard InChI is InChI=1S/C18H18Cl2N2O3/c1-24-18(23)15-7-13(19)2-3-16(15)25-17(11-4-5-21-8-11)12-6-14(20)10-22-9-12/h2-3,6-7,9-11,17,21H,4-5,8H2,1H3. The van der Waals surface area contributed by atoms with Crippen molar-refractivity contribution in [3.8, 4) is 5.75 Å². The Bertz CT molecular complexity index is 764. The summed E-state index contributed by atoms with van der Waals surface area (Å²) in [6, 6.07) is 6.75. The van der Waals surface area contributed by atoms with Crippen molar-refractivity contribution in [3.63, 3.8) is 0 Å². The molecule has 0 saturated carbocycles. The van der Waals surface area contributed by atoms with Crippen molar-refractivity contribution in [2.24, 2.45) is 5.92 Å². The van der Waals surface area contributed by atoms with Crippen LogP contribution >= 0.6 is 23.2 Å². The second-order valence-electron chi connectivity index (χ2n) is 5.86. The highest BCUT2D eigenvalue weighted by Crippen LogP contribution is 2.35. The molecular weight excluding hydrogens is 363 g/mol. The second-order valence-corrected chi connectivity index (χ2v) is 6.73. The fourth-order valence-corrected chi connectivity index (χ4v) is 3.32. The monoisotopic (exact) mass is 380 g/mol. The number of methoxy groups -OCH3 is 1. The van der Waals surface area contributed by atoms with Crippen LogP contribution in [0.2, 0.25) is 10.0 Å². The van der Waals surface area contributed by atoms with Crippen molar-refractivity contribution in [3.05, 3.63) is 57.8 Å². The Labute approximate surface area is 156 Å². The number of ether oxygens (including phenoxy) is 2. The smallest absolute Gasteiger partial charge is 0.341 e. The summed E-state index contributed by atoms with van der Waals surface area (Å²) in [6.45, 7) is 1.74. The lowest BCUT2D eigenvalue weighted by Crippen LogP contribution is -2.22. The zero-order valence-corrected chi connectivity index (χ0v) is 15.2. The number of rotatable bonds is 5. The number of carbonyl (C=O) groups excluding carboxylic acids is 1. The first kappa shape index (κ1) is 18.0. The van der Waals surface area contributed by atoms with Gasteiger partial charge in [0.15, 0.2) is 0 Å². The lowest BCUT2D eigenvalue weighted by atomic mass is 9.95. The van der Waals surface area contributed by atoms with Crippen molar-refractivity contribution in [2.45, 2.75) is 12.5 Å². The fourth-order valence-electron chi connectivity index (χ4n) is 2.97. The number of nitrogens with zero attached hydrogens (tertiary/aromatic N) is 1. The van der Waals surface area contributed by atoms with E-state index in [4.69, 9.17) is 32.7 Å². The minimum Gasteiger partial charge on any atom is -0.484 e. The zero-order chi connectivity index (χ0) is 17.8. The highest BCUT2D eigenvalue weighted by atomic mass is 35.5. The molecule has 1 saturated heterocycles. The lowest BCUT2D eigenvalue weighted by Gasteiger charge is -2.25. The number of hydrogen-bond acceptors (Lipinski definition) is 5. The van der Waals surface area contributed by atoms with Gasteiger partial charge in [-0.05, 0) is 37.2 Å². The van der Waals surface area contributed by atoms with Crippen LogP contribution in [0.4, 0.5) is 0 Å². The highest BCUT2D eigenvalue weighted by molar-refractivity contribution is 6.31. The summed E-state index contributed by atoms with van der Waals surface area (Å²) in [5, 5.41) is 4.32. The van der Waals surface area contributed by atoms with Gasteiger partial charge in [-0.3, -0.25) is 4.98 Å². The van der Waals surface area contributed by atoms with Crippen LogP contribution in [0.5, 0.6) is 5.75 Å². The molecule has 1 aromatic heterocycles. The number of aromatic nitrogens is 1. The molecule has 132 valence electrons. The van der Waals surface area contributed by atoms with Crippen LogP contribution in [-0.2, 0) is 4.74 Å². The molecule has 2 heterocycles. The Morgan fingerprint density at radius 2 is 2.12 bits per heavy atom. The van der Waals surface area contributed by atoms with E-state index in [1.807, 2.05) is 6.07 Å². The molecule has 2 aromatic rings. The van der Waals surface area contributed by atoms with E-state index in [1.165, 1.54) is 7.11 Å². The van der Waals surface area contributed by atoms with Gasteiger partial charge in [0.2, 0.25) is 0 Å². The Morgan fingerprint density at radius 1 is 1.28 bits per heavy atom. The molecule has 0 radical (unpaired) electrons. The Kier molecular flexibility index (Phi) is 5.78. The van der Waals surface area contributed by atoms with Gasteiger partial charge >= 0.3 is 5.97 Å². The molecule has 0 aliphatic carbocycles. The predicted molar refractivity (Wildman–Crippen MR) is 96.4 cm³/mol. The van der Waals surface area contributed by atoms with Crippen LogP contribution in [0.1, 0.15) is 28.4 Å². The molecule has 5 nitrogen and oxygen atoms in total. The average molecular weight is 381 g/mol. The van der Waals surface area contributed by atoms with Crippen LogP contribution in [0.15, 0.2) is 36.7 Å². The van der Waals surface area contributed by atoms with Gasteiger partial charge in [0.25, 0.3) is 0 Å². The number of nitrogens with one attached hydrogen (secondary N) is 1. The van der Waals surface area contributed by atoms with E-state index in [9.17, 15) is 4.79 Å². The third-order valence-electron chi connectivity index (χ3n) is 4.18. The fraction of sp³-hybridized carbons (Fsp3) is 0.333. The zero-order valence-electron chi connectivity index (χ0n) is 13.7. The van der Waals surface area contributed by atoms with E-state index < -0.39 is 5.97 Å². The maximum absolute atomic E-state index is 12.1. The Morgan fingerprint density at radius 3 is 2.80 bits per heavy atom. The first-order chi connectivity index (χ1) is 12.1. The molecule has 1 N–H and O–H groups in total. The van der Waals surface area contributed by atoms with Crippen LogP contribution in [-0.4, -0.2) is 31.2 Å². The molecule has 7 heteroatoms. The molecule has 1 aliphatic rings. The normalized spacial score (nSPS) is 18.0. The van der Waals surface area contributed by atoms with Crippen molar-refractivity contribution in [1.82, 2.24) is 10.3 Å². The molecule has 1 aliphatic heterocycles. The molecule has 0 spiro atoms. The Balaban J connectivity index is 1.97. The number of halogens is 2. The largest absolute Gasteiger partial charge is 0.484 e. The summed E-state index contributed by atoms with van der Waals surface area (Å²) in [4.78, 5) is 16.2. The third-order valence-corrected chi connectivity index (χ3v) is 4.62. The Hall–Kier alpha value is -1.82. The van der Waals surface area contributed by atoms with Gasteiger partial charge in [-0.2, -0.15) is 0 Å². The molecule has 1 aromatic carbocycles. The van der Waals surface area contributed by atoms with Crippen molar-refractivity contribution in [2.75, 3.05) is 20.2 Å². The molecule has 1 fully saturated rings.